The minimum absolute atomic E-state index is 0.316. The Morgan fingerprint density at radius 2 is 2.06 bits per heavy atom. The summed E-state index contributed by atoms with van der Waals surface area (Å²) in [6.07, 6.45) is 0.845. The van der Waals surface area contributed by atoms with Crippen LogP contribution in [0, 0.1) is 0 Å². The number of hydrogen-bond donors (Lipinski definition) is 1. The lowest BCUT2D eigenvalue weighted by Crippen LogP contribution is -2.16. The van der Waals surface area contributed by atoms with E-state index in [9.17, 15) is 4.79 Å². The van der Waals surface area contributed by atoms with E-state index in [2.05, 4.69) is 15.3 Å². The second-order valence-corrected chi connectivity index (χ2v) is 3.86. The van der Waals surface area contributed by atoms with Gasteiger partial charge in [-0.15, -0.1) is 0 Å². The van der Waals surface area contributed by atoms with E-state index in [0.717, 1.165) is 6.29 Å². The summed E-state index contributed by atoms with van der Waals surface area (Å²) in [7, 11) is 6.97. The SMILES string of the molecule is CNc1nc(N(C)C)nc(OC)c1C(C)C=O. The fraction of sp³-hybridized carbons (Fsp3) is 0.545. The molecule has 17 heavy (non-hydrogen) atoms. The molecule has 0 radical (unpaired) electrons. The number of nitrogens with zero attached hydrogens (tertiary/aromatic N) is 3. The first-order chi connectivity index (χ1) is 8.04. The molecule has 0 aromatic carbocycles. The molecule has 1 atom stereocenters. The van der Waals surface area contributed by atoms with Crippen LogP contribution in [-0.4, -0.2) is 44.5 Å². The molecule has 1 heterocycles. The molecule has 6 heteroatoms. The lowest BCUT2D eigenvalue weighted by molar-refractivity contribution is -0.108. The summed E-state index contributed by atoms with van der Waals surface area (Å²) in [5.74, 6) is 1.25. The molecule has 0 fully saturated rings. The Balaban J connectivity index is 3.41. The summed E-state index contributed by atoms with van der Waals surface area (Å²) in [4.78, 5) is 21.3. The largest absolute Gasteiger partial charge is 0.481 e. The number of nitrogens with one attached hydrogen (secondary N) is 1. The third-order valence-electron chi connectivity index (χ3n) is 2.39. The van der Waals surface area contributed by atoms with E-state index in [1.807, 2.05) is 14.1 Å². The Kier molecular flexibility index (Phi) is 4.25. The second-order valence-electron chi connectivity index (χ2n) is 3.86. The molecule has 0 saturated carbocycles. The lowest BCUT2D eigenvalue weighted by Gasteiger charge is -2.18. The summed E-state index contributed by atoms with van der Waals surface area (Å²) >= 11 is 0. The van der Waals surface area contributed by atoms with E-state index in [1.54, 1.807) is 18.9 Å². The van der Waals surface area contributed by atoms with Crippen LogP contribution in [0.4, 0.5) is 11.8 Å². The van der Waals surface area contributed by atoms with Crippen molar-refractivity contribution in [1.82, 2.24) is 9.97 Å². The summed E-state index contributed by atoms with van der Waals surface area (Å²) in [6, 6.07) is 0. The van der Waals surface area contributed by atoms with Crippen LogP contribution < -0.4 is 15.0 Å². The molecule has 1 unspecified atom stereocenters. The summed E-state index contributed by atoms with van der Waals surface area (Å²) < 4.78 is 5.22. The standard InChI is InChI=1S/C11H18N4O2/c1-7(6-16)8-9(12-2)13-11(15(3)4)14-10(8)17-5/h6-7H,1-5H3,(H,12,13,14). The van der Waals surface area contributed by atoms with Crippen molar-refractivity contribution in [1.29, 1.82) is 0 Å². The highest BCUT2D eigenvalue weighted by atomic mass is 16.5. The van der Waals surface area contributed by atoms with Crippen LogP contribution in [0.3, 0.4) is 0 Å². The van der Waals surface area contributed by atoms with Gasteiger partial charge in [0.15, 0.2) is 0 Å². The maximum absolute atomic E-state index is 10.9. The van der Waals surface area contributed by atoms with Crippen molar-refractivity contribution in [2.45, 2.75) is 12.8 Å². The van der Waals surface area contributed by atoms with E-state index >= 15 is 0 Å². The van der Waals surface area contributed by atoms with Gasteiger partial charge in [0.25, 0.3) is 0 Å². The van der Waals surface area contributed by atoms with Gasteiger partial charge in [0.2, 0.25) is 11.8 Å². The average Bonchev–Trinajstić information content (AvgIpc) is 2.35. The molecule has 1 aromatic rings. The van der Waals surface area contributed by atoms with Gasteiger partial charge in [-0.25, -0.2) is 0 Å². The van der Waals surface area contributed by atoms with Crippen molar-refractivity contribution in [3.63, 3.8) is 0 Å². The van der Waals surface area contributed by atoms with Crippen molar-refractivity contribution in [3.8, 4) is 5.88 Å². The third-order valence-corrected chi connectivity index (χ3v) is 2.39. The molecular weight excluding hydrogens is 220 g/mol. The molecule has 0 bridgehead atoms. The van der Waals surface area contributed by atoms with Crippen LogP contribution >= 0.6 is 0 Å². The molecule has 6 nitrogen and oxygen atoms in total. The molecule has 0 aliphatic rings. The number of ether oxygens (including phenoxy) is 1. The van der Waals surface area contributed by atoms with Crippen LogP contribution in [0.2, 0.25) is 0 Å². The van der Waals surface area contributed by atoms with Gasteiger partial charge in [0, 0.05) is 27.1 Å². The Hall–Kier alpha value is -1.85. The highest BCUT2D eigenvalue weighted by Gasteiger charge is 2.20. The minimum atomic E-state index is -0.316. The first kappa shape index (κ1) is 13.2. The third kappa shape index (κ3) is 2.64. The van der Waals surface area contributed by atoms with Crippen LogP contribution in [0.25, 0.3) is 0 Å². The lowest BCUT2D eigenvalue weighted by atomic mass is 10.0. The highest BCUT2D eigenvalue weighted by Crippen LogP contribution is 2.31. The van der Waals surface area contributed by atoms with Gasteiger partial charge < -0.3 is 19.7 Å². The van der Waals surface area contributed by atoms with Crippen molar-refractivity contribution >= 4 is 18.1 Å². The number of hydrogen-bond acceptors (Lipinski definition) is 6. The predicted molar refractivity (Wildman–Crippen MR) is 66.9 cm³/mol. The molecule has 0 spiro atoms. The molecule has 1 aromatic heterocycles. The van der Waals surface area contributed by atoms with Gasteiger partial charge in [-0.2, -0.15) is 9.97 Å². The molecule has 1 N–H and O–H groups in total. The molecule has 0 amide bonds. The number of anilines is 2. The van der Waals surface area contributed by atoms with Crippen molar-refractivity contribution < 1.29 is 9.53 Å². The maximum atomic E-state index is 10.9. The number of rotatable bonds is 5. The number of aromatic nitrogens is 2. The normalized spacial score (nSPS) is 11.8. The molecule has 94 valence electrons. The summed E-state index contributed by atoms with van der Waals surface area (Å²) in [5.41, 5.74) is 0.676. The molecule has 0 saturated heterocycles. The zero-order chi connectivity index (χ0) is 13.0. The van der Waals surface area contributed by atoms with E-state index in [4.69, 9.17) is 4.74 Å². The zero-order valence-electron chi connectivity index (χ0n) is 10.8. The van der Waals surface area contributed by atoms with Crippen LogP contribution in [0.5, 0.6) is 5.88 Å². The van der Waals surface area contributed by atoms with Gasteiger partial charge in [-0.3, -0.25) is 0 Å². The number of aldehydes is 1. The molecular formula is C11H18N4O2. The average molecular weight is 238 g/mol. The van der Waals surface area contributed by atoms with Gasteiger partial charge >= 0.3 is 0 Å². The number of carbonyl (C=O) groups excluding carboxylic acids is 1. The molecule has 0 aliphatic carbocycles. The first-order valence-corrected chi connectivity index (χ1v) is 5.31. The summed E-state index contributed by atoms with van der Waals surface area (Å²) in [6.45, 7) is 1.78. The van der Waals surface area contributed by atoms with Gasteiger partial charge in [-0.1, -0.05) is 6.92 Å². The fourth-order valence-corrected chi connectivity index (χ4v) is 1.46. The van der Waals surface area contributed by atoms with Gasteiger partial charge in [0.05, 0.1) is 12.7 Å². The monoisotopic (exact) mass is 238 g/mol. The zero-order valence-corrected chi connectivity index (χ0v) is 10.8. The van der Waals surface area contributed by atoms with Crippen LogP contribution in [0.1, 0.15) is 18.4 Å². The topological polar surface area (TPSA) is 67.3 Å². The first-order valence-electron chi connectivity index (χ1n) is 5.31. The maximum Gasteiger partial charge on any atom is 0.230 e. The van der Waals surface area contributed by atoms with Crippen molar-refractivity contribution in [2.24, 2.45) is 0 Å². The Morgan fingerprint density at radius 3 is 2.47 bits per heavy atom. The Labute approximate surface area is 101 Å². The molecule has 0 aliphatic heterocycles. The van der Waals surface area contributed by atoms with E-state index < -0.39 is 0 Å². The summed E-state index contributed by atoms with van der Waals surface area (Å²) in [5, 5.41) is 2.96. The van der Waals surface area contributed by atoms with E-state index in [-0.39, 0.29) is 5.92 Å². The van der Waals surface area contributed by atoms with E-state index in [1.165, 1.54) is 7.11 Å². The Bertz CT molecular complexity index is 381. The van der Waals surface area contributed by atoms with Crippen LogP contribution in [-0.2, 0) is 4.79 Å². The van der Waals surface area contributed by atoms with Gasteiger partial charge in [-0.05, 0) is 0 Å². The van der Waals surface area contributed by atoms with Crippen molar-refractivity contribution in [2.75, 3.05) is 38.5 Å². The van der Waals surface area contributed by atoms with Crippen molar-refractivity contribution in [3.05, 3.63) is 5.56 Å². The Morgan fingerprint density at radius 1 is 1.41 bits per heavy atom. The number of methoxy groups -OCH3 is 1. The quantitative estimate of drug-likeness (QED) is 0.769. The minimum Gasteiger partial charge on any atom is -0.481 e. The van der Waals surface area contributed by atoms with Crippen LogP contribution in [0.15, 0.2) is 0 Å². The number of carbonyl (C=O) groups is 1. The highest BCUT2D eigenvalue weighted by molar-refractivity contribution is 5.69. The smallest absolute Gasteiger partial charge is 0.230 e. The predicted octanol–water partition coefficient (Wildman–Crippen LogP) is 0.895. The van der Waals surface area contributed by atoms with E-state index in [0.29, 0.717) is 23.2 Å². The second kappa shape index (κ2) is 5.47. The molecule has 1 rings (SSSR count). The van der Waals surface area contributed by atoms with Gasteiger partial charge in [0.1, 0.15) is 12.1 Å². The fourth-order valence-electron chi connectivity index (χ4n) is 1.46.